The topological polar surface area (TPSA) is 43.4 Å². The zero-order valence-corrected chi connectivity index (χ0v) is 18.0. The number of carbonyl (C=O) groups is 2. The standard InChI is InChI=1S/C12H12F2O.C6H4F2.C6H10O2/c1-12(2)4-3-11(15)7-5-9(13)10(14)6-8(7)12;7-5-3-1-2-4-6(5)8;1-6(2)4-3-5(7)8-6/h5-6H,3-4H2,1-2H3;1-4H;3-4H2,1-2H3. The molecule has 2 aromatic carbocycles. The molecule has 3 nitrogen and oxygen atoms in total. The van der Waals surface area contributed by atoms with E-state index in [1.165, 1.54) is 12.1 Å². The van der Waals surface area contributed by atoms with Gasteiger partial charge in [-0.15, -0.1) is 0 Å². The van der Waals surface area contributed by atoms with E-state index in [2.05, 4.69) is 0 Å². The summed E-state index contributed by atoms with van der Waals surface area (Å²) in [7, 11) is 0. The predicted octanol–water partition coefficient (Wildman–Crippen LogP) is 6.29. The molecule has 0 amide bonds. The Hall–Kier alpha value is -2.70. The number of fused-ring (bicyclic) bond motifs is 1. The summed E-state index contributed by atoms with van der Waals surface area (Å²) in [6, 6.07) is 7.22. The largest absolute Gasteiger partial charge is 0.460 e. The number of esters is 1. The van der Waals surface area contributed by atoms with Gasteiger partial charge in [0.1, 0.15) is 5.60 Å². The number of hydrogen-bond acceptors (Lipinski definition) is 3. The zero-order valence-electron chi connectivity index (χ0n) is 18.0. The third kappa shape index (κ3) is 6.64. The lowest BCUT2D eigenvalue weighted by Gasteiger charge is -2.31. The molecule has 1 aliphatic heterocycles. The summed E-state index contributed by atoms with van der Waals surface area (Å²) in [5.41, 5.74) is 0.525. The molecule has 0 radical (unpaired) electrons. The SMILES string of the molecule is CC1(C)CCC(=O)O1.CC1(C)CCC(=O)c2cc(F)c(F)cc21.Fc1ccccc1F. The number of carbonyl (C=O) groups excluding carboxylic acids is 2. The molecule has 1 heterocycles. The van der Waals surface area contributed by atoms with Crippen molar-refractivity contribution in [3.63, 3.8) is 0 Å². The monoisotopic (exact) mass is 438 g/mol. The van der Waals surface area contributed by atoms with Crippen molar-refractivity contribution in [1.29, 1.82) is 0 Å². The number of ketones is 1. The molecule has 2 aliphatic rings. The van der Waals surface area contributed by atoms with E-state index >= 15 is 0 Å². The smallest absolute Gasteiger partial charge is 0.306 e. The number of Topliss-reactive ketones (excluding diaryl/α,β-unsaturated/α-hetero) is 1. The van der Waals surface area contributed by atoms with Crippen molar-refractivity contribution >= 4 is 11.8 Å². The summed E-state index contributed by atoms with van der Waals surface area (Å²) in [5.74, 6) is -3.57. The van der Waals surface area contributed by atoms with Crippen molar-refractivity contribution in [2.45, 2.75) is 64.4 Å². The van der Waals surface area contributed by atoms with Crippen LogP contribution in [0, 0.1) is 23.3 Å². The predicted molar refractivity (Wildman–Crippen MR) is 109 cm³/mol. The highest BCUT2D eigenvalue weighted by Gasteiger charge is 2.33. The lowest BCUT2D eigenvalue weighted by atomic mass is 9.72. The Bertz CT molecular complexity index is 946. The molecule has 1 aliphatic carbocycles. The molecule has 4 rings (SSSR count). The Labute approximate surface area is 179 Å². The van der Waals surface area contributed by atoms with E-state index in [1.54, 1.807) is 0 Å². The lowest BCUT2D eigenvalue weighted by molar-refractivity contribution is -0.145. The van der Waals surface area contributed by atoms with Crippen LogP contribution in [0.5, 0.6) is 0 Å². The Morgan fingerprint density at radius 3 is 1.74 bits per heavy atom. The number of hydrogen-bond donors (Lipinski definition) is 0. The number of ether oxygens (including phenoxy) is 1. The Kier molecular flexibility index (Phi) is 7.63. The van der Waals surface area contributed by atoms with Crippen LogP contribution >= 0.6 is 0 Å². The minimum Gasteiger partial charge on any atom is -0.460 e. The molecular formula is C24H26F4O3. The molecule has 7 heteroatoms. The van der Waals surface area contributed by atoms with Gasteiger partial charge in [-0.25, -0.2) is 17.6 Å². The van der Waals surface area contributed by atoms with Crippen LogP contribution in [0.15, 0.2) is 36.4 Å². The van der Waals surface area contributed by atoms with E-state index < -0.39 is 23.3 Å². The fraction of sp³-hybridized carbons (Fsp3) is 0.417. The molecule has 31 heavy (non-hydrogen) atoms. The average Bonchev–Trinajstić information content (AvgIpc) is 3.00. The maximum absolute atomic E-state index is 13.1. The normalized spacial score (nSPS) is 18.1. The first-order chi connectivity index (χ1) is 14.3. The first-order valence-corrected chi connectivity index (χ1v) is 9.97. The van der Waals surface area contributed by atoms with E-state index in [0.717, 1.165) is 30.7 Å². The van der Waals surface area contributed by atoms with Crippen LogP contribution in [0.25, 0.3) is 0 Å². The van der Waals surface area contributed by atoms with Crippen molar-refractivity contribution in [3.05, 3.63) is 70.8 Å². The molecule has 0 spiro atoms. The summed E-state index contributed by atoms with van der Waals surface area (Å²) in [6.45, 7) is 7.74. The van der Waals surface area contributed by atoms with Gasteiger partial charge in [-0.1, -0.05) is 26.0 Å². The van der Waals surface area contributed by atoms with Gasteiger partial charge in [-0.2, -0.15) is 0 Å². The molecule has 2 aromatic rings. The summed E-state index contributed by atoms with van der Waals surface area (Å²) >= 11 is 0. The van der Waals surface area contributed by atoms with Crippen LogP contribution in [0.4, 0.5) is 17.6 Å². The number of halogens is 4. The van der Waals surface area contributed by atoms with Crippen molar-refractivity contribution in [2.24, 2.45) is 0 Å². The summed E-state index contributed by atoms with van der Waals surface area (Å²) in [5, 5.41) is 0. The van der Waals surface area contributed by atoms with Crippen LogP contribution in [0.2, 0.25) is 0 Å². The first kappa shape index (κ1) is 24.6. The van der Waals surface area contributed by atoms with Gasteiger partial charge in [0.2, 0.25) is 0 Å². The Balaban J connectivity index is 0.000000181. The molecule has 0 aromatic heterocycles. The van der Waals surface area contributed by atoms with Crippen LogP contribution in [-0.2, 0) is 14.9 Å². The van der Waals surface area contributed by atoms with E-state index in [-0.39, 0.29) is 22.8 Å². The van der Waals surface area contributed by atoms with Crippen molar-refractivity contribution in [3.8, 4) is 0 Å². The molecule has 1 saturated heterocycles. The molecular weight excluding hydrogens is 412 g/mol. The van der Waals surface area contributed by atoms with Gasteiger partial charge >= 0.3 is 5.97 Å². The second kappa shape index (κ2) is 9.62. The maximum Gasteiger partial charge on any atom is 0.306 e. The summed E-state index contributed by atoms with van der Waals surface area (Å²) in [6.07, 6.45) is 2.55. The van der Waals surface area contributed by atoms with Gasteiger partial charge in [0.15, 0.2) is 29.1 Å². The molecule has 0 unspecified atom stereocenters. The zero-order chi connectivity index (χ0) is 23.4. The van der Waals surface area contributed by atoms with Crippen molar-refractivity contribution in [2.75, 3.05) is 0 Å². The quantitative estimate of drug-likeness (QED) is 0.359. The highest BCUT2D eigenvalue weighted by atomic mass is 19.2. The molecule has 168 valence electrons. The van der Waals surface area contributed by atoms with Gasteiger partial charge in [0.05, 0.1) is 0 Å². The average molecular weight is 438 g/mol. The van der Waals surface area contributed by atoms with Gasteiger partial charge < -0.3 is 4.74 Å². The third-order valence-corrected chi connectivity index (χ3v) is 5.21. The van der Waals surface area contributed by atoms with Gasteiger partial charge in [-0.05, 0) is 61.9 Å². The lowest BCUT2D eigenvalue weighted by Crippen LogP contribution is -2.27. The number of cyclic esters (lactones) is 1. The fourth-order valence-electron chi connectivity index (χ4n) is 3.29. The van der Waals surface area contributed by atoms with E-state index in [9.17, 15) is 27.2 Å². The van der Waals surface area contributed by atoms with Crippen LogP contribution in [-0.4, -0.2) is 17.4 Å². The van der Waals surface area contributed by atoms with Gasteiger partial charge in [-0.3, -0.25) is 9.59 Å². The molecule has 0 bridgehead atoms. The van der Waals surface area contributed by atoms with Crippen LogP contribution in [0.3, 0.4) is 0 Å². The highest BCUT2D eigenvalue weighted by molar-refractivity contribution is 5.99. The maximum atomic E-state index is 13.1. The molecule has 0 saturated carbocycles. The van der Waals surface area contributed by atoms with Crippen molar-refractivity contribution < 1.29 is 31.9 Å². The summed E-state index contributed by atoms with van der Waals surface area (Å²) < 4.78 is 54.9. The third-order valence-electron chi connectivity index (χ3n) is 5.21. The Morgan fingerprint density at radius 2 is 1.32 bits per heavy atom. The highest BCUT2D eigenvalue weighted by Crippen LogP contribution is 2.37. The molecule has 0 N–H and O–H groups in total. The van der Waals surface area contributed by atoms with E-state index in [1.807, 2.05) is 27.7 Å². The fourth-order valence-corrected chi connectivity index (χ4v) is 3.29. The second-order valence-electron chi connectivity index (χ2n) is 8.77. The van der Waals surface area contributed by atoms with Gasteiger partial charge in [0.25, 0.3) is 0 Å². The molecule has 1 fully saturated rings. The van der Waals surface area contributed by atoms with Crippen LogP contribution < -0.4 is 0 Å². The minimum atomic E-state index is -0.945. The molecule has 0 atom stereocenters. The minimum absolute atomic E-state index is 0.0602. The van der Waals surface area contributed by atoms with Crippen LogP contribution in [0.1, 0.15) is 69.3 Å². The van der Waals surface area contributed by atoms with E-state index in [4.69, 9.17) is 4.74 Å². The first-order valence-electron chi connectivity index (χ1n) is 9.97. The van der Waals surface area contributed by atoms with Gasteiger partial charge in [0, 0.05) is 18.4 Å². The summed E-state index contributed by atoms with van der Waals surface area (Å²) in [4.78, 5) is 22.0. The second-order valence-corrected chi connectivity index (χ2v) is 8.77. The Morgan fingerprint density at radius 1 is 0.774 bits per heavy atom. The number of benzene rings is 2. The number of rotatable bonds is 0. The van der Waals surface area contributed by atoms with Crippen molar-refractivity contribution in [1.82, 2.24) is 0 Å². The van der Waals surface area contributed by atoms with E-state index in [0.29, 0.717) is 30.4 Å².